The zero-order chi connectivity index (χ0) is 24.2. The topological polar surface area (TPSA) is 101 Å². The fourth-order valence-corrected chi connectivity index (χ4v) is 4.06. The van der Waals surface area contributed by atoms with Crippen molar-refractivity contribution in [2.75, 3.05) is 4.90 Å². The van der Waals surface area contributed by atoms with Gasteiger partial charge >= 0.3 is 11.9 Å². The molecule has 1 fully saturated rings. The van der Waals surface area contributed by atoms with E-state index in [-0.39, 0.29) is 12.1 Å². The molecule has 3 rings (SSSR count). The van der Waals surface area contributed by atoms with Crippen LogP contribution in [0.15, 0.2) is 42.5 Å². The predicted molar refractivity (Wildman–Crippen MR) is 124 cm³/mol. The molecule has 0 atom stereocenters. The highest BCUT2D eigenvalue weighted by Crippen LogP contribution is 2.33. The second-order valence-electron chi connectivity index (χ2n) is 8.23. The number of esters is 1. The van der Waals surface area contributed by atoms with E-state index >= 15 is 0 Å². The minimum Gasteiger partial charge on any atom is -0.478 e. The summed E-state index contributed by atoms with van der Waals surface area (Å²) in [4.78, 5) is 50.3. The zero-order valence-electron chi connectivity index (χ0n) is 18.0. The van der Waals surface area contributed by atoms with Crippen LogP contribution in [-0.4, -0.2) is 34.3 Å². The average Bonchev–Trinajstić information content (AvgIpc) is 3.20. The van der Waals surface area contributed by atoms with Crippen molar-refractivity contribution in [3.05, 3.63) is 63.6 Å². The Morgan fingerprint density at radius 3 is 2.21 bits per heavy atom. The number of anilines is 1. The number of aromatic carboxylic acids is 1. The highest BCUT2D eigenvalue weighted by atomic mass is 35.5. The van der Waals surface area contributed by atoms with Gasteiger partial charge in [-0.2, -0.15) is 0 Å². The number of halogens is 2. The SMILES string of the molecule is CC1(OC(=O)C(=O)CC(=O)N(Cc2ccc(Cl)c(Cl)c2)c2ccc(C(=O)O)cc2)CCCC1. The number of benzene rings is 2. The van der Waals surface area contributed by atoms with Gasteiger partial charge in [0.1, 0.15) is 5.60 Å². The predicted octanol–water partition coefficient (Wildman–Crippen LogP) is 5.06. The molecule has 2 aromatic carbocycles. The van der Waals surface area contributed by atoms with Crippen LogP contribution in [0.5, 0.6) is 0 Å². The zero-order valence-corrected chi connectivity index (χ0v) is 19.5. The first-order valence-corrected chi connectivity index (χ1v) is 11.2. The Labute approximate surface area is 201 Å². The first-order chi connectivity index (χ1) is 15.6. The maximum absolute atomic E-state index is 13.1. The molecule has 0 saturated heterocycles. The van der Waals surface area contributed by atoms with Crippen molar-refractivity contribution in [2.24, 2.45) is 0 Å². The number of hydrogen-bond acceptors (Lipinski definition) is 5. The van der Waals surface area contributed by atoms with Crippen molar-refractivity contribution in [1.29, 1.82) is 0 Å². The number of Topliss-reactive ketones (excluding diaryl/α,β-unsaturated/α-hetero) is 1. The Morgan fingerprint density at radius 2 is 1.64 bits per heavy atom. The van der Waals surface area contributed by atoms with Gasteiger partial charge in [-0.25, -0.2) is 9.59 Å². The van der Waals surface area contributed by atoms with Crippen LogP contribution in [0.25, 0.3) is 0 Å². The number of ether oxygens (including phenoxy) is 1. The summed E-state index contributed by atoms with van der Waals surface area (Å²) in [6.07, 6.45) is 2.51. The number of carboxylic acids is 1. The fourth-order valence-electron chi connectivity index (χ4n) is 3.74. The van der Waals surface area contributed by atoms with Gasteiger partial charge in [0.15, 0.2) is 0 Å². The molecule has 0 bridgehead atoms. The van der Waals surface area contributed by atoms with Crippen LogP contribution in [0, 0.1) is 0 Å². The van der Waals surface area contributed by atoms with E-state index in [1.807, 2.05) is 0 Å². The van der Waals surface area contributed by atoms with E-state index < -0.39 is 35.7 Å². The molecular formula is C24H23Cl2NO6. The first-order valence-electron chi connectivity index (χ1n) is 10.4. The molecule has 33 heavy (non-hydrogen) atoms. The monoisotopic (exact) mass is 491 g/mol. The van der Waals surface area contributed by atoms with E-state index in [2.05, 4.69) is 0 Å². The summed E-state index contributed by atoms with van der Waals surface area (Å²) < 4.78 is 5.38. The molecule has 1 N–H and O–H groups in total. The molecule has 9 heteroatoms. The minimum absolute atomic E-state index is 0.0299. The lowest BCUT2D eigenvalue weighted by molar-refractivity contribution is -0.165. The van der Waals surface area contributed by atoms with Crippen LogP contribution >= 0.6 is 23.2 Å². The van der Waals surface area contributed by atoms with E-state index in [1.165, 1.54) is 29.2 Å². The molecule has 1 aliphatic rings. The van der Waals surface area contributed by atoms with Gasteiger partial charge in [-0.3, -0.25) is 9.59 Å². The summed E-state index contributed by atoms with van der Waals surface area (Å²) in [5.41, 5.74) is 0.362. The molecule has 0 aliphatic heterocycles. The second kappa shape index (κ2) is 10.4. The van der Waals surface area contributed by atoms with E-state index in [0.717, 1.165) is 12.8 Å². The highest BCUT2D eigenvalue weighted by molar-refractivity contribution is 6.42. The lowest BCUT2D eigenvalue weighted by Gasteiger charge is -2.25. The Hall–Kier alpha value is -2.90. The summed E-state index contributed by atoms with van der Waals surface area (Å²) in [6.45, 7) is 1.82. The molecule has 1 aliphatic carbocycles. The van der Waals surface area contributed by atoms with Crippen molar-refractivity contribution in [1.82, 2.24) is 0 Å². The molecule has 174 valence electrons. The van der Waals surface area contributed by atoms with Crippen molar-refractivity contribution in [2.45, 2.75) is 51.2 Å². The van der Waals surface area contributed by atoms with Crippen molar-refractivity contribution >= 4 is 52.5 Å². The number of ketones is 1. The van der Waals surface area contributed by atoms with Crippen molar-refractivity contribution < 1.29 is 29.0 Å². The lowest BCUT2D eigenvalue weighted by atomic mass is 10.1. The molecule has 1 amide bonds. The Morgan fingerprint density at radius 1 is 1.00 bits per heavy atom. The molecule has 0 unspecified atom stereocenters. The molecule has 1 saturated carbocycles. The molecule has 2 aromatic rings. The van der Waals surface area contributed by atoms with Gasteiger partial charge in [0.05, 0.1) is 28.6 Å². The smallest absolute Gasteiger partial charge is 0.375 e. The van der Waals surface area contributed by atoms with Gasteiger partial charge in [0, 0.05) is 5.69 Å². The number of nitrogens with zero attached hydrogens (tertiary/aromatic N) is 1. The van der Waals surface area contributed by atoms with Crippen LogP contribution in [0.1, 0.15) is 54.9 Å². The van der Waals surface area contributed by atoms with Crippen LogP contribution in [0.4, 0.5) is 5.69 Å². The van der Waals surface area contributed by atoms with Gasteiger partial charge in [0.2, 0.25) is 11.7 Å². The van der Waals surface area contributed by atoms with Crippen LogP contribution in [0.3, 0.4) is 0 Å². The summed E-state index contributed by atoms with van der Waals surface area (Å²) in [7, 11) is 0. The third kappa shape index (κ3) is 6.33. The van der Waals surface area contributed by atoms with E-state index in [0.29, 0.717) is 34.1 Å². The minimum atomic E-state index is -1.11. The lowest BCUT2D eigenvalue weighted by Crippen LogP contribution is -2.36. The van der Waals surface area contributed by atoms with Crippen molar-refractivity contribution in [3.63, 3.8) is 0 Å². The van der Waals surface area contributed by atoms with Gasteiger partial charge in [-0.15, -0.1) is 0 Å². The average molecular weight is 492 g/mol. The molecule has 0 aromatic heterocycles. The van der Waals surface area contributed by atoms with E-state index in [9.17, 15) is 19.2 Å². The Bertz CT molecular complexity index is 1080. The third-order valence-electron chi connectivity index (χ3n) is 5.59. The van der Waals surface area contributed by atoms with Gasteiger partial charge in [0.25, 0.3) is 0 Å². The van der Waals surface area contributed by atoms with Crippen LogP contribution < -0.4 is 4.90 Å². The maximum Gasteiger partial charge on any atom is 0.375 e. The molecule has 7 nitrogen and oxygen atoms in total. The number of carbonyl (C=O) groups is 4. The van der Waals surface area contributed by atoms with E-state index in [4.69, 9.17) is 33.0 Å². The number of carbonyl (C=O) groups excluding carboxylic acids is 3. The Kier molecular flexibility index (Phi) is 7.76. The second-order valence-corrected chi connectivity index (χ2v) is 9.04. The maximum atomic E-state index is 13.1. The highest BCUT2D eigenvalue weighted by Gasteiger charge is 2.35. The number of rotatable bonds is 8. The summed E-state index contributed by atoms with van der Waals surface area (Å²) in [5.74, 6) is -3.71. The van der Waals surface area contributed by atoms with Gasteiger partial charge in [-0.1, -0.05) is 29.3 Å². The third-order valence-corrected chi connectivity index (χ3v) is 6.33. The van der Waals surface area contributed by atoms with Crippen LogP contribution in [0.2, 0.25) is 10.0 Å². The van der Waals surface area contributed by atoms with Crippen molar-refractivity contribution in [3.8, 4) is 0 Å². The molecule has 0 heterocycles. The quantitative estimate of drug-likeness (QED) is 0.314. The van der Waals surface area contributed by atoms with Gasteiger partial charge in [-0.05, 0) is 74.6 Å². The Balaban J connectivity index is 1.80. The van der Waals surface area contributed by atoms with Gasteiger partial charge < -0.3 is 14.7 Å². The fraction of sp³-hybridized carbons (Fsp3) is 0.333. The van der Waals surface area contributed by atoms with Crippen LogP contribution in [-0.2, 0) is 25.7 Å². The summed E-state index contributed by atoms with van der Waals surface area (Å²) >= 11 is 12.0. The first kappa shape index (κ1) is 24.7. The standard InChI is InChI=1S/C24H23Cl2NO6/c1-24(10-2-3-11-24)33-23(32)20(28)13-21(29)27(14-15-4-9-18(25)19(26)12-15)17-7-5-16(6-8-17)22(30)31/h4-9,12H,2-3,10-11,13-14H2,1H3,(H,30,31). The largest absolute Gasteiger partial charge is 0.478 e. The normalized spacial score (nSPS) is 14.5. The summed E-state index contributed by atoms with van der Waals surface area (Å²) in [5, 5.41) is 9.78. The summed E-state index contributed by atoms with van der Waals surface area (Å²) in [6, 6.07) is 10.5. The number of amides is 1. The molecular weight excluding hydrogens is 469 g/mol. The number of hydrogen-bond donors (Lipinski definition) is 1. The van der Waals surface area contributed by atoms with E-state index in [1.54, 1.807) is 25.1 Å². The molecule has 0 spiro atoms. The number of carboxylic acid groups (broad SMARTS) is 1. The molecule has 0 radical (unpaired) electrons.